The molecule has 0 N–H and O–H groups in total. The van der Waals surface area contributed by atoms with Crippen molar-refractivity contribution in [3.63, 3.8) is 0 Å². The number of hydrogen-bond acceptors (Lipinski definition) is 1. The van der Waals surface area contributed by atoms with Crippen LogP contribution < -0.4 is 0 Å². The average molecular weight is 203 g/mol. The number of hydrogen-bond donors (Lipinski definition) is 0. The van der Waals surface area contributed by atoms with Crippen LogP contribution in [0.5, 0.6) is 0 Å². The molecule has 0 aliphatic rings. The highest BCUT2D eigenvalue weighted by Gasteiger charge is 2.03. The van der Waals surface area contributed by atoms with Gasteiger partial charge in [-0.3, -0.25) is 0 Å². The van der Waals surface area contributed by atoms with Crippen LogP contribution in [0.15, 0.2) is 42.6 Å². The summed E-state index contributed by atoms with van der Waals surface area (Å²) >= 11 is 0. The Bertz CT molecular complexity index is 597. The lowest BCUT2D eigenvalue weighted by Crippen LogP contribution is -1.88. The number of nitrogens with zero attached hydrogens (tertiary/aromatic N) is 1. The van der Waals surface area contributed by atoms with Crippen molar-refractivity contribution in [2.24, 2.45) is 0 Å². The van der Waals surface area contributed by atoms with Gasteiger partial charge in [0.1, 0.15) is 5.69 Å². The van der Waals surface area contributed by atoms with Crippen molar-refractivity contribution in [1.29, 1.82) is 0 Å². The smallest absolute Gasteiger partial charge is 0.120 e. The Labute approximate surface area is 95.2 Å². The molecule has 0 saturated carbocycles. The van der Waals surface area contributed by atoms with Crippen LogP contribution in [0.2, 0.25) is 0 Å². The second-order valence-corrected chi connectivity index (χ2v) is 3.27. The largest absolute Gasteiger partial charge is 0.247 e. The van der Waals surface area contributed by atoms with Crippen LogP contribution in [0, 0.1) is 24.7 Å². The molecule has 0 atom stereocenters. The van der Waals surface area contributed by atoms with Crippen molar-refractivity contribution >= 4 is 0 Å². The van der Waals surface area contributed by atoms with E-state index in [2.05, 4.69) is 16.8 Å². The zero-order valence-corrected chi connectivity index (χ0v) is 8.64. The topological polar surface area (TPSA) is 12.9 Å². The molecule has 1 heteroatoms. The summed E-state index contributed by atoms with van der Waals surface area (Å²) in [6, 6.07) is 11.5. The minimum absolute atomic E-state index is 0.636. The van der Waals surface area contributed by atoms with Gasteiger partial charge in [0, 0.05) is 17.3 Å². The van der Waals surface area contributed by atoms with Crippen molar-refractivity contribution in [1.82, 2.24) is 4.98 Å². The second kappa shape index (κ2) is 4.34. The lowest BCUT2D eigenvalue weighted by Gasteiger charge is -2.04. The lowest BCUT2D eigenvalue weighted by molar-refractivity contribution is 1.29. The van der Waals surface area contributed by atoms with Crippen LogP contribution in [0.3, 0.4) is 0 Å². The minimum Gasteiger partial charge on any atom is -0.247 e. The van der Waals surface area contributed by atoms with Gasteiger partial charge in [0.2, 0.25) is 0 Å². The standard InChI is InChI=1S/C15H9N/c1-3-12-7-5-8-13(11-12)14-9-6-10-16-15(14)4-2/h1-2,5-11H. The number of pyridine rings is 1. The monoisotopic (exact) mass is 203 g/mol. The SMILES string of the molecule is C#Cc1cccc(-c2cccnc2C#C)c1. The second-order valence-electron chi connectivity index (χ2n) is 3.27. The highest BCUT2D eigenvalue weighted by Crippen LogP contribution is 2.22. The van der Waals surface area contributed by atoms with E-state index in [1.54, 1.807) is 6.20 Å². The number of rotatable bonds is 1. The van der Waals surface area contributed by atoms with Crippen LogP contribution in [0.25, 0.3) is 11.1 Å². The van der Waals surface area contributed by atoms with E-state index in [0.29, 0.717) is 5.69 Å². The molecule has 0 radical (unpaired) electrons. The van der Waals surface area contributed by atoms with E-state index in [1.807, 2.05) is 36.4 Å². The van der Waals surface area contributed by atoms with Gasteiger partial charge in [-0.15, -0.1) is 12.8 Å². The molecule has 16 heavy (non-hydrogen) atoms. The van der Waals surface area contributed by atoms with Crippen LogP contribution in [0.1, 0.15) is 11.3 Å². The van der Waals surface area contributed by atoms with Gasteiger partial charge in [0.15, 0.2) is 0 Å². The molecule has 74 valence electrons. The molecule has 1 aromatic heterocycles. The maximum atomic E-state index is 5.41. The normalized spacial score (nSPS) is 9.12. The Kier molecular flexibility index (Phi) is 2.72. The number of aromatic nitrogens is 1. The predicted molar refractivity (Wildman–Crippen MR) is 65.5 cm³/mol. The third kappa shape index (κ3) is 1.80. The molecule has 0 saturated heterocycles. The van der Waals surface area contributed by atoms with E-state index in [0.717, 1.165) is 16.7 Å². The van der Waals surface area contributed by atoms with Crippen molar-refractivity contribution in [2.75, 3.05) is 0 Å². The summed E-state index contributed by atoms with van der Waals surface area (Å²) in [4.78, 5) is 4.14. The molecule has 0 unspecified atom stereocenters. The molecule has 2 aromatic rings. The summed E-state index contributed by atoms with van der Waals surface area (Å²) in [7, 11) is 0. The first kappa shape index (κ1) is 10.0. The molecular formula is C15H9N. The highest BCUT2D eigenvalue weighted by atomic mass is 14.7. The summed E-state index contributed by atoms with van der Waals surface area (Å²) in [6.07, 6.45) is 12.5. The molecule has 0 aliphatic heterocycles. The molecule has 0 fully saturated rings. The zero-order chi connectivity index (χ0) is 11.4. The van der Waals surface area contributed by atoms with E-state index in [1.165, 1.54) is 0 Å². The van der Waals surface area contributed by atoms with Crippen LogP contribution in [-0.2, 0) is 0 Å². The van der Waals surface area contributed by atoms with Crippen LogP contribution in [0.4, 0.5) is 0 Å². The molecule has 0 spiro atoms. The summed E-state index contributed by atoms with van der Waals surface area (Å²) in [5.74, 6) is 5.17. The fourth-order valence-corrected chi connectivity index (χ4v) is 1.53. The minimum atomic E-state index is 0.636. The van der Waals surface area contributed by atoms with Gasteiger partial charge in [-0.1, -0.05) is 24.1 Å². The van der Waals surface area contributed by atoms with Gasteiger partial charge < -0.3 is 0 Å². The van der Waals surface area contributed by atoms with Crippen molar-refractivity contribution in [2.45, 2.75) is 0 Å². The van der Waals surface area contributed by atoms with E-state index in [4.69, 9.17) is 12.8 Å². The van der Waals surface area contributed by atoms with E-state index in [9.17, 15) is 0 Å². The van der Waals surface area contributed by atoms with Crippen molar-refractivity contribution < 1.29 is 0 Å². The van der Waals surface area contributed by atoms with E-state index >= 15 is 0 Å². The summed E-state index contributed by atoms with van der Waals surface area (Å²) in [6.45, 7) is 0. The first-order valence-corrected chi connectivity index (χ1v) is 4.84. The average Bonchev–Trinajstić information content (AvgIpc) is 2.38. The van der Waals surface area contributed by atoms with Gasteiger partial charge in [0.05, 0.1) is 0 Å². The van der Waals surface area contributed by atoms with Crippen LogP contribution in [-0.4, -0.2) is 4.98 Å². The molecule has 0 aliphatic carbocycles. The number of benzene rings is 1. The van der Waals surface area contributed by atoms with Crippen LogP contribution >= 0.6 is 0 Å². The first-order chi connectivity index (χ1) is 7.85. The van der Waals surface area contributed by atoms with Gasteiger partial charge in [-0.2, -0.15) is 0 Å². The molecule has 0 amide bonds. The molecule has 1 heterocycles. The predicted octanol–water partition coefficient (Wildman–Crippen LogP) is 2.71. The van der Waals surface area contributed by atoms with Gasteiger partial charge in [-0.05, 0) is 29.7 Å². The van der Waals surface area contributed by atoms with Gasteiger partial charge in [0.25, 0.3) is 0 Å². The Balaban J connectivity index is 2.60. The Hall–Kier alpha value is -2.51. The number of terminal acetylenes is 2. The van der Waals surface area contributed by atoms with E-state index < -0.39 is 0 Å². The highest BCUT2D eigenvalue weighted by molar-refractivity contribution is 5.70. The third-order valence-electron chi connectivity index (χ3n) is 2.28. The quantitative estimate of drug-likeness (QED) is 0.649. The third-order valence-corrected chi connectivity index (χ3v) is 2.28. The molecule has 0 bridgehead atoms. The summed E-state index contributed by atoms with van der Waals surface area (Å²) in [5.41, 5.74) is 3.40. The van der Waals surface area contributed by atoms with E-state index in [-0.39, 0.29) is 0 Å². The Morgan fingerprint density at radius 3 is 2.62 bits per heavy atom. The molecule has 1 nitrogen and oxygen atoms in total. The molecule has 1 aromatic carbocycles. The first-order valence-electron chi connectivity index (χ1n) is 4.84. The summed E-state index contributed by atoms with van der Waals surface area (Å²) in [5, 5.41) is 0. The molecular weight excluding hydrogens is 194 g/mol. The zero-order valence-electron chi connectivity index (χ0n) is 8.64. The fourth-order valence-electron chi connectivity index (χ4n) is 1.53. The maximum Gasteiger partial charge on any atom is 0.120 e. The maximum absolute atomic E-state index is 5.41. The Morgan fingerprint density at radius 1 is 1.00 bits per heavy atom. The van der Waals surface area contributed by atoms with Crippen molar-refractivity contribution in [3.8, 4) is 35.8 Å². The van der Waals surface area contributed by atoms with Crippen molar-refractivity contribution in [3.05, 3.63) is 53.9 Å². The van der Waals surface area contributed by atoms with Gasteiger partial charge >= 0.3 is 0 Å². The van der Waals surface area contributed by atoms with Gasteiger partial charge in [-0.25, -0.2) is 4.98 Å². The lowest BCUT2D eigenvalue weighted by atomic mass is 10.0. The Morgan fingerprint density at radius 2 is 1.88 bits per heavy atom. The summed E-state index contributed by atoms with van der Waals surface area (Å²) < 4.78 is 0. The fraction of sp³-hybridized carbons (Fsp3) is 0. The molecule has 2 rings (SSSR count).